The minimum absolute atomic E-state index is 0.137. The van der Waals surface area contributed by atoms with Gasteiger partial charge in [0.1, 0.15) is 0 Å². The first-order chi connectivity index (χ1) is 8.75. The first-order valence-electron chi connectivity index (χ1n) is 7.98. The second-order valence-corrected chi connectivity index (χ2v) is 6.43. The number of ether oxygens (including phenoxy) is 1. The molecule has 18 heavy (non-hydrogen) atoms. The first kappa shape index (κ1) is 14.3. The summed E-state index contributed by atoms with van der Waals surface area (Å²) in [6.45, 7) is 2.34. The molecule has 2 fully saturated rings. The highest BCUT2D eigenvalue weighted by Gasteiger charge is 2.44. The smallest absolute Gasteiger partial charge is 0.0833 e. The topological polar surface area (TPSA) is 21.3 Å². The van der Waals surface area contributed by atoms with E-state index in [0.29, 0.717) is 6.04 Å². The zero-order valence-electron chi connectivity index (χ0n) is 12.5. The molecule has 2 saturated carbocycles. The fourth-order valence-corrected chi connectivity index (χ4v) is 4.47. The fourth-order valence-electron chi connectivity index (χ4n) is 4.47. The Morgan fingerprint density at radius 2 is 1.78 bits per heavy atom. The van der Waals surface area contributed by atoms with Crippen molar-refractivity contribution in [1.82, 2.24) is 5.32 Å². The molecule has 0 aromatic carbocycles. The number of likely N-dealkylation sites (N-methyl/N-ethyl adjacent to an activating group) is 1. The van der Waals surface area contributed by atoms with Gasteiger partial charge in [0.2, 0.25) is 0 Å². The van der Waals surface area contributed by atoms with Crippen LogP contribution in [0, 0.1) is 11.8 Å². The number of hydrogen-bond donors (Lipinski definition) is 1. The van der Waals surface area contributed by atoms with Crippen molar-refractivity contribution in [3.8, 4) is 0 Å². The van der Waals surface area contributed by atoms with Crippen molar-refractivity contribution in [3.63, 3.8) is 0 Å². The van der Waals surface area contributed by atoms with E-state index in [1.807, 2.05) is 7.11 Å². The van der Waals surface area contributed by atoms with Crippen molar-refractivity contribution in [2.75, 3.05) is 14.2 Å². The molecule has 2 rings (SSSR count). The number of methoxy groups -OCH3 is 1. The van der Waals surface area contributed by atoms with Gasteiger partial charge in [0.05, 0.1) is 5.60 Å². The van der Waals surface area contributed by atoms with E-state index in [0.717, 1.165) is 11.8 Å². The minimum Gasteiger partial charge on any atom is -0.377 e. The zero-order chi connectivity index (χ0) is 13.0. The summed E-state index contributed by atoms with van der Waals surface area (Å²) >= 11 is 0. The molecule has 2 aliphatic carbocycles. The molecule has 0 spiro atoms. The van der Waals surface area contributed by atoms with Gasteiger partial charge in [-0.05, 0) is 44.6 Å². The van der Waals surface area contributed by atoms with Crippen molar-refractivity contribution in [3.05, 3.63) is 0 Å². The summed E-state index contributed by atoms with van der Waals surface area (Å²) in [7, 11) is 4.06. The van der Waals surface area contributed by atoms with E-state index in [4.69, 9.17) is 4.74 Å². The molecule has 2 heteroatoms. The van der Waals surface area contributed by atoms with Crippen LogP contribution >= 0.6 is 0 Å². The maximum Gasteiger partial charge on any atom is 0.0833 e. The number of hydrogen-bond acceptors (Lipinski definition) is 2. The van der Waals surface area contributed by atoms with Crippen LogP contribution in [-0.4, -0.2) is 25.8 Å². The molecule has 0 heterocycles. The molecular formula is C16H31NO. The number of nitrogens with one attached hydrogen (secondary N) is 1. The average Bonchev–Trinajstić information content (AvgIpc) is 2.90. The lowest BCUT2D eigenvalue weighted by Gasteiger charge is -2.43. The predicted octanol–water partition coefficient (Wildman–Crippen LogP) is 3.75. The third-order valence-electron chi connectivity index (χ3n) is 5.67. The van der Waals surface area contributed by atoms with E-state index >= 15 is 0 Å². The fraction of sp³-hybridized carbons (Fsp3) is 1.00. The van der Waals surface area contributed by atoms with Gasteiger partial charge >= 0.3 is 0 Å². The highest BCUT2D eigenvalue weighted by molar-refractivity contribution is 5.00. The largest absolute Gasteiger partial charge is 0.377 e. The highest BCUT2D eigenvalue weighted by Crippen LogP contribution is 2.42. The SMILES string of the molecule is CCC1CCC(C(NC)C2(OC)CCCC2)CC1. The lowest BCUT2D eigenvalue weighted by atomic mass is 9.72. The van der Waals surface area contributed by atoms with E-state index in [-0.39, 0.29) is 5.60 Å². The summed E-state index contributed by atoms with van der Waals surface area (Å²) in [6.07, 6.45) is 12.2. The van der Waals surface area contributed by atoms with Crippen LogP contribution in [0.25, 0.3) is 0 Å². The van der Waals surface area contributed by atoms with Crippen LogP contribution in [0.3, 0.4) is 0 Å². The lowest BCUT2D eigenvalue weighted by molar-refractivity contribution is -0.0559. The molecule has 1 N–H and O–H groups in total. The summed E-state index contributed by atoms with van der Waals surface area (Å²) in [5, 5.41) is 3.61. The van der Waals surface area contributed by atoms with Crippen LogP contribution in [-0.2, 0) is 4.74 Å². The van der Waals surface area contributed by atoms with Gasteiger partial charge in [-0.15, -0.1) is 0 Å². The molecular weight excluding hydrogens is 222 g/mol. The van der Waals surface area contributed by atoms with Crippen LogP contribution < -0.4 is 5.32 Å². The predicted molar refractivity (Wildman–Crippen MR) is 76.8 cm³/mol. The minimum atomic E-state index is 0.137. The molecule has 1 unspecified atom stereocenters. The maximum atomic E-state index is 6.00. The Kier molecular flexibility index (Phi) is 5.08. The molecule has 106 valence electrons. The van der Waals surface area contributed by atoms with Crippen molar-refractivity contribution in [2.45, 2.75) is 76.4 Å². The maximum absolute atomic E-state index is 6.00. The van der Waals surface area contributed by atoms with E-state index in [1.54, 1.807) is 0 Å². The van der Waals surface area contributed by atoms with Gasteiger partial charge in [0, 0.05) is 13.2 Å². The molecule has 0 amide bonds. The highest BCUT2D eigenvalue weighted by atomic mass is 16.5. The Hall–Kier alpha value is -0.0800. The second-order valence-electron chi connectivity index (χ2n) is 6.43. The molecule has 0 aromatic heterocycles. The molecule has 0 radical (unpaired) electrons. The average molecular weight is 253 g/mol. The Bertz CT molecular complexity index is 239. The van der Waals surface area contributed by atoms with Crippen molar-refractivity contribution < 1.29 is 4.74 Å². The summed E-state index contributed by atoms with van der Waals surface area (Å²) in [4.78, 5) is 0. The van der Waals surface area contributed by atoms with Crippen LogP contribution in [0.2, 0.25) is 0 Å². The van der Waals surface area contributed by atoms with E-state index < -0.39 is 0 Å². The third-order valence-corrected chi connectivity index (χ3v) is 5.67. The second kappa shape index (κ2) is 6.38. The van der Waals surface area contributed by atoms with Gasteiger partial charge in [-0.25, -0.2) is 0 Å². The summed E-state index contributed by atoms with van der Waals surface area (Å²) in [5.74, 6) is 1.82. The quantitative estimate of drug-likeness (QED) is 0.805. The summed E-state index contributed by atoms with van der Waals surface area (Å²) in [6, 6.07) is 0.572. The van der Waals surface area contributed by atoms with E-state index in [1.165, 1.54) is 57.8 Å². The summed E-state index contributed by atoms with van der Waals surface area (Å²) < 4.78 is 6.00. The number of rotatable bonds is 5. The van der Waals surface area contributed by atoms with Crippen LogP contribution in [0.1, 0.15) is 64.7 Å². The molecule has 0 saturated heterocycles. The van der Waals surface area contributed by atoms with Crippen LogP contribution in [0.4, 0.5) is 0 Å². The van der Waals surface area contributed by atoms with Gasteiger partial charge in [-0.1, -0.05) is 39.0 Å². The molecule has 2 aliphatic rings. The Morgan fingerprint density at radius 3 is 2.22 bits per heavy atom. The monoisotopic (exact) mass is 253 g/mol. The van der Waals surface area contributed by atoms with Gasteiger partial charge < -0.3 is 10.1 Å². The van der Waals surface area contributed by atoms with Gasteiger partial charge in [0.25, 0.3) is 0 Å². The normalized spacial score (nSPS) is 33.5. The van der Waals surface area contributed by atoms with Gasteiger partial charge in [0.15, 0.2) is 0 Å². The summed E-state index contributed by atoms with van der Waals surface area (Å²) in [5.41, 5.74) is 0.137. The molecule has 2 nitrogen and oxygen atoms in total. The van der Waals surface area contributed by atoms with Gasteiger partial charge in [-0.3, -0.25) is 0 Å². The van der Waals surface area contributed by atoms with E-state index in [2.05, 4.69) is 19.3 Å². The van der Waals surface area contributed by atoms with Crippen molar-refractivity contribution in [2.24, 2.45) is 11.8 Å². The lowest BCUT2D eigenvalue weighted by Crippen LogP contribution is -2.54. The van der Waals surface area contributed by atoms with Crippen LogP contribution in [0.5, 0.6) is 0 Å². The standard InChI is InChI=1S/C16H31NO/c1-4-13-7-9-14(10-8-13)15(17-2)16(18-3)11-5-6-12-16/h13-15,17H,4-12H2,1-3H3. The Balaban J connectivity index is 2.00. The van der Waals surface area contributed by atoms with Gasteiger partial charge in [-0.2, -0.15) is 0 Å². The molecule has 0 aromatic rings. The van der Waals surface area contributed by atoms with Crippen LogP contribution in [0.15, 0.2) is 0 Å². The molecule has 0 aliphatic heterocycles. The first-order valence-corrected chi connectivity index (χ1v) is 7.98. The molecule has 0 bridgehead atoms. The Labute approximate surface area is 113 Å². The third kappa shape index (κ3) is 2.75. The zero-order valence-corrected chi connectivity index (χ0v) is 12.5. The van der Waals surface area contributed by atoms with Crippen molar-refractivity contribution in [1.29, 1.82) is 0 Å². The Morgan fingerprint density at radius 1 is 1.17 bits per heavy atom. The molecule has 1 atom stereocenters. The van der Waals surface area contributed by atoms with Crippen molar-refractivity contribution >= 4 is 0 Å². The van der Waals surface area contributed by atoms with E-state index in [9.17, 15) is 0 Å².